The summed E-state index contributed by atoms with van der Waals surface area (Å²) in [4.78, 5) is 37.7. The van der Waals surface area contributed by atoms with Crippen LogP contribution in [0.15, 0.2) is 65.5 Å². The SMILES string of the molecule is CCCCCCCCCCCCc1ccc(CC(=O)NCCC(=O)Nc2ccc(Nc3cc(=O)n(-c4c(Cl)cc(Cl)cc4Cl)[nH]3)c(Cl)c2)cc1. The fourth-order valence-electron chi connectivity index (χ4n) is 5.64. The van der Waals surface area contributed by atoms with Crippen molar-refractivity contribution in [3.05, 3.63) is 102 Å². The lowest BCUT2D eigenvalue weighted by atomic mass is 10.0. The number of anilines is 3. The number of carbonyl (C=O) groups is 2. The van der Waals surface area contributed by atoms with E-state index in [1.165, 1.54) is 92.7 Å². The zero-order valence-corrected chi connectivity index (χ0v) is 31.4. The van der Waals surface area contributed by atoms with Gasteiger partial charge in [-0.1, -0.05) is 135 Å². The number of benzene rings is 3. The van der Waals surface area contributed by atoms with Crippen LogP contribution in [0, 0.1) is 0 Å². The molecule has 1 heterocycles. The third kappa shape index (κ3) is 12.7. The zero-order chi connectivity index (χ0) is 35.9. The van der Waals surface area contributed by atoms with Gasteiger partial charge in [-0.05, 0) is 54.3 Å². The molecule has 0 radical (unpaired) electrons. The van der Waals surface area contributed by atoms with Crippen molar-refractivity contribution in [2.45, 2.75) is 90.4 Å². The minimum atomic E-state index is -0.404. The van der Waals surface area contributed by atoms with E-state index in [0.717, 1.165) is 12.0 Å². The first kappa shape index (κ1) is 39.4. The molecule has 0 spiro atoms. The number of hydrogen-bond acceptors (Lipinski definition) is 4. The van der Waals surface area contributed by atoms with Crippen molar-refractivity contribution >= 4 is 75.4 Å². The summed E-state index contributed by atoms with van der Waals surface area (Å²) in [5, 5.41) is 12.6. The van der Waals surface area contributed by atoms with Gasteiger partial charge in [0.05, 0.1) is 27.2 Å². The highest BCUT2D eigenvalue weighted by atomic mass is 35.5. The van der Waals surface area contributed by atoms with Gasteiger partial charge in [0.25, 0.3) is 5.56 Å². The number of amides is 2. The Morgan fingerprint density at radius 3 is 1.98 bits per heavy atom. The Labute approximate surface area is 314 Å². The summed E-state index contributed by atoms with van der Waals surface area (Å²) in [6, 6.07) is 17.5. The summed E-state index contributed by atoms with van der Waals surface area (Å²) >= 11 is 25.0. The molecule has 1 aromatic heterocycles. The first-order valence-electron chi connectivity index (χ1n) is 17.3. The van der Waals surface area contributed by atoms with E-state index in [0.29, 0.717) is 27.2 Å². The van der Waals surface area contributed by atoms with Gasteiger partial charge in [-0.2, -0.15) is 0 Å². The number of halogens is 4. The molecule has 0 aliphatic carbocycles. The van der Waals surface area contributed by atoms with E-state index < -0.39 is 5.56 Å². The van der Waals surface area contributed by atoms with Crippen LogP contribution in [0.2, 0.25) is 20.1 Å². The molecule has 0 saturated heterocycles. The molecule has 0 aliphatic heterocycles. The van der Waals surface area contributed by atoms with Gasteiger partial charge in [0.1, 0.15) is 11.5 Å². The summed E-state index contributed by atoms with van der Waals surface area (Å²) in [7, 11) is 0. The van der Waals surface area contributed by atoms with Gasteiger partial charge in [-0.25, -0.2) is 4.68 Å². The van der Waals surface area contributed by atoms with Crippen molar-refractivity contribution in [3.63, 3.8) is 0 Å². The lowest BCUT2D eigenvalue weighted by Gasteiger charge is -2.11. The maximum absolute atomic E-state index is 12.6. The molecule has 0 unspecified atom stereocenters. The average Bonchev–Trinajstić information content (AvgIpc) is 3.42. The Balaban J connectivity index is 1.14. The normalized spacial score (nSPS) is 11.1. The van der Waals surface area contributed by atoms with Gasteiger partial charge in [0.2, 0.25) is 11.8 Å². The van der Waals surface area contributed by atoms with Crippen molar-refractivity contribution < 1.29 is 9.59 Å². The second-order valence-electron chi connectivity index (χ2n) is 12.5. The number of rotatable bonds is 20. The summed E-state index contributed by atoms with van der Waals surface area (Å²) < 4.78 is 1.20. The average molecular weight is 762 g/mol. The van der Waals surface area contributed by atoms with Crippen LogP contribution in [0.3, 0.4) is 0 Å². The first-order valence-corrected chi connectivity index (χ1v) is 18.8. The van der Waals surface area contributed by atoms with Crippen LogP contribution in [-0.2, 0) is 22.4 Å². The van der Waals surface area contributed by atoms with Crippen LogP contribution in [0.1, 0.15) is 88.7 Å². The third-order valence-corrected chi connectivity index (χ3v) is 9.44. The smallest absolute Gasteiger partial charge is 0.273 e. The summed E-state index contributed by atoms with van der Waals surface area (Å²) in [6.45, 7) is 2.46. The molecule has 50 heavy (non-hydrogen) atoms. The molecule has 4 rings (SSSR count). The maximum Gasteiger partial charge on any atom is 0.273 e. The monoisotopic (exact) mass is 759 g/mol. The molecule has 4 aromatic rings. The fourth-order valence-corrected chi connectivity index (χ4v) is 6.85. The Hall–Kier alpha value is -3.43. The second kappa shape index (κ2) is 20.4. The van der Waals surface area contributed by atoms with Crippen LogP contribution in [0.25, 0.3) is 5.69 Å². The molecular weight excluding hydrogens is 716 g/mol. The minimum absolute atomic E-state index is 0.103. The molecule has 0 bridgehead atoms. The number of nitrogens with one attached hydrogen (secondary N) is 4. The summed E-state index contributed by atoms with van der Waals surface area (Å²) in [5.41, 5.74) is 3.08. The molecule has 0 saturated carbocycles. The molecule has 0 atom stereocenters. The lowest BCUT2D eigenvalue weighted by Crippen LogP contribution is -2.28. The molecule has 4 N–H and O–H groups in total. The Morgan fingerprint density at radius 2 is 1.34 bits per heavy atom. The van der Waals surface area contributed by atoms with E-state index in [1.807, 2.05) is 12.1 Å². The zero-order valence-electron chi connectivity index (χ0n) is 28.4. The molecule has 2 amide bonds. The largest absolute Gasteiger partial charge is 0.355 e. The number of carbonyl (C=O) groups excluding carboxylic acids is 2. The summed E-state index contributed by atoms with van der Waals surface area (Å²) in [5.74, 6) is -0.0606. The highest BCUT2D eigenvalue weighted by molar-refractivity contribution is 6.40. The Morgan fingerprint density at radius 1 is 0.720 bits per heavy atom. The molecular formula is C38H45Cl4N5O3. The van der Waals surface area contributed by atoms with Crippen LogP contribution < -0.4 is 21.5 Å². The number of aromatic nitrogens is 2. The number of aryl methyl sites for hydroxylation is 1. The van der Waals surface area contributed by atoms with E-state index in [1.54, 1.807) is 18.2 Å². The maximum atomic E-state index is 12.6. The van der Waals surface area contributed by atoms with Crippen LogP contribution >= 0.6 is 46.4 Å². The first-order chi connectivity index (χ1) is 24.1. The van der Waals surface area contributed by atoms with Crippen LogP contribution in [0.4, 0.5) is 17.2 Å². The lowest BCUT2D eigenvalue weighted by molar-refractivity contribution is -0.120. The van der Waals surface area contributed by atoms with Crippen molar-refractivity contribution in [2.24, 2.45) is 0 Å². The molecule has 0 aliphatic rings. The number of nitrogens with zero attached hydrogens (tertiary/aromatic N) is 1. The van der Waals surface area contributed by atoms with Gasteiger partial charge in [-0.3, -0.25) is 19.5 Å². The number of hydrogen-bond donors (Lipinski definition) is 4. The van der Waals surface area contributed by atoms with E-state index in [4.69, 9.17) is 46.4 Å². The van der Waals surface area contributed by atoms with Crippen LogP contribution in [0.5, 0.6) is 0 Å². The van der Waals surface area contributed by atoms with Crippen molar-refractivity contribution in [1.29, 1.82) is 0 Å². The number of aromatic amines is 1. The molecule has 3 aromatic carbocycles. The van der Waals surface area contributed by atoms with Crippen molar-refractivity contribution in [3.8, 4) is 5.69 Å². The quantitative estimate of drug-likeness (QED) is 0.0673. The fraction of sp³-hybridized carbons (Fsp3) is 0.395. The predicted octanol–water partition coefficient (Wildman–Crippen LogP) is 10.7. The topological polar surface area (TPSA) is 108 Å². The third-order valence-electron chi connectivity index (χ3n) is 8.33. The van der Waals surface area contributed by atoms with Gasteiger partial charge in [0, 0.05) is 29.7 Å². The number of unbranched alkanes of at least 4 members (excludes halogenated alkanes) is 9. The predicted molar refractivity (Wildman–Crippen MR) is 208 cm³/mol. The molecule has 268 valence electrons. The van der Waals surface area contributed by atoms with Crippen molar-refractivity contribution in [1.82, 2.24) is 15.1 Å². The Kier molecular flexibility index (Phi) is 16.1. The van der Waals surface area contributed by atoms with E-state index in [9.17, 15) is 14.4 Å². The van der Waals surface area contributed by atoms with Crippen molar-refractivity contribution in [2.75, 3.05) is 17.2 Å². The molecule has 8 nitrogen and oxygen atoms in total. The van der Waals surface area contributed by atoms with Gasteiger partial charge >= 0.3 is 0 Å². The van der Waals surface area contributed by atoms with Gasteiger partial charge < -0.3 is 16.0 Å². The highest BCUT2D eigenvalue weighted by Gasteiger charge is 2.15. The van der Waals surface area contributed by atoms with E-state index in [-0.39, 0.29) is 46.9 Å². The Bertz CT molecular complexity index is 1750. The van der Waals surface area contributed by atoms with Crippen LogP contribution in [-0.4, -0.2) is 28.1 Å². The van der Waals surface area contributed by atoms with E-state index >= 15 is 0 Å². The second-order valence-corrected chi connectivity index (χ2v) is 14.1. The molecule has 0 fully saturated rings. The van der Waals surface area contributed by atoms with E-state index in [2.05, 4.69) is 40.1 Å². The van der Waals surface area contributed by atoms with Gasteiger partial charge in [-0.15, -0.1) is 0 Å². The standard InChI is InChI=1S/C38H45Cl4N5O3/c1-2-3-4-5-6-7-8-9-10-11-12-26-13-15-27(16-14-26)21-36(49)43-20-19-35(48)44-29-17-18-33(30(40)24-29)45-34-25-37(50)47(46-34)38-31(41)22-28(39)23-32(38)42/h13-18,22-25,45-46H,2-12,19-21H2,1H3,(H,43,49)(H,44,48). The minimum Gasteiger partial charge on any atom is -0.355 e. The summed E-state index contributed by atoms with van der Waals surface area (Å²) in [6.07, 6.45) is 14.7. The number of H-pyrrole nitrogens is 1. The highest BCUT2D eigenvalue weighted by Crippen LogP contribution is 2.32. The molecule has 12 heteroatoms. The van der Waals surface area contributed by atoms with Gasteiger partial charge in [0.15, 0.2) is 0 Å².